The molecule has 0 heterocycles. The van der Waals surface area contributed by atoms with Crippen molar-refractivity contribution in [3.8, 4) is 5.75 Å². The summed E-state index contributed by atoms with van der Waals surface area (Å²) in [5.74, 6) is 2.24. The molecule has 0 aliphatic rings. The summed E-state index contributed by atoms with van der Waals surface area (Å²) >= 11 is 1.76. The summed E-state index contributed by atoms with van der Waals surface area (Å²) in [5.41, 5.74) is 7.10. The first-order valence-corrected chi connectivity index (χ1v) is 6.05. The number of nitrogens with two attached hydrogens (primary N) is 1. The number of hydrogen-bond donors (Lipinski definition) is 3. The van der Waals surface area contributed by atoms with E-state index in [4.69, 9.17) is 10.8 Å². The zero-order valence-electron chi connectivity index (χ0n) is 8.81. The summed E-state index contributed by atoms with van der Waals surface area (Å²) < 4.78 is 0. The largest absolute Gasteiger partial charge is 0.506 e. The monoisotopic (exact) mass is 227 g/mol. The molecule has 1 atom stereocenters. The Kier molecular flexibility index (Phi) is 4.78. The average Bonchev–Trinajstić information content (AvgIpc) is 2.23. The van der Waals surface area contributed by atoms with Gasteiger partial charge in [-0.3, -0.25) is 0 Å². The minimum atomic E-state index is 0.132. The number of benzene rings is 1. The van der Waals surface area contributed by atoms with Crippen LogP contribution in [0.4, 0.5) is 5.69 Å². The van der Waals surface area contributed by atoms with Gasteiger partial charge in [0, 0.05) is 12.4 Å². The number of aliphatic hydroxyl groups is 1. The first-order valence-electron chi connectivity index (χ1n) is 4.89. The van der Waals surface area contributed by atoms with Gasteiger partial charge in [-0.15, -0.1) is 0 Å². The van der Waals surface area contributed by atoms with Crippen LogP contribution in [0.1, 0.15) is 12.5 Å². The van der Waals surface area contributed by atoms with Gasteiger partial charge in [0.1, 0.15) is 5.75 Å². The molecule has 15 heavy (non-hydrogen) atoms. The summed E-state index contributed by atoms with van der Waals surface area (Å²) in [7, 11) is 0. The molecule has 3 nitrogen and oxygen atoms in total. The number of aliphatic hydroxyl groups excluding tert-OH is 1. The fraction of sp³-hybridized carbons (Fsp3) is 0.455. The van der Waals surface area contributed by atoms with E-state index >= 15 is 0 Å². The zero-order chi connectivity index (χ0) is 11.3. The number of phenolic OH excluding ortho intramolecular Hbond substituents is 1. The lowest BCUT2D eigenvalue weighted by Gasteiger charge is -2.07. The molecule has 84 valence electrons. The molecular weight excluding hydrogens is 210 g/mol. The molecule has 1 aromatic rings. The van der Waals surface area contributed by atoms with Crippen LogP contribution in [0.3, 0.4) is 0 Å². The zero-order valence-corrected chi connectivity index (χ0v) is 9.63. The molecule has 0 saturated carbocycles. The van der Waals surface area contributed by atoms with Crippen molar-refractivity contribution in [1.29, 1.82) is 0 Å². The maximum absolute atomic E-state index is 9.23. The highest BCUT2D eigenvalue weighted by Gasteiger charge is 2.02. The second-order valence-electron chi connectivity index (χ2n) is 3.70. The van der Waals surface area contributed by atoms with E-state index in [2.05, 4.69) is 0 Å². The maximum Gasteiger partial charge on any atom is 0.138 e. The highest BCUT2D eigenvalue weighted by atomic mass is 32.2. The van der Waals surface area contributed by atoms with E-state index in [1.165, 1.54) is 0 Å². The lowest BCUT2D eigenvalue weighted by Crippen LogP contribution is -2.03. The van der Waals surface area contributed by atoms with Crippen LogP contribution in [0.25, 0.3) is 0 Å². The third-order valence-corrected chi connectivity index (χ3v) is 3.42. The first-order chi connectivity index (χ1) is 7.13. The topological polar surface area (TPSA) is 66.5 Å². The van der Waals surface area contributed by atoms with E-state index in [9.17, 15) is 5.11 Å². The predicted octanol–water partition coefficient (Wildman–Crippen LogP) is 1.84. The van der Waals surface area contributed by atoms with E-state index in [1.54, 1.807) is 23.9 Å². The van der Waals surface area contributed by atoms with Crippen molar-refractivity contribution < 1.29 is 10.2 Å². The summed E-state index contributed by atoms with van der Waals surface area (Å²) in [6.45, 7) is 2.24. The molecule has 0 spiro atoms. The van der Waals surface area contributed by atoms with Gasteiger partial charge < -0.3 is 15.9 Å². The first kappa shape index (κ1) is 12.2. The van der Waals surface area contributed by atoms with Crippen LogP contribution in [-0.4, -0.2) is 22.6 Å². The molecule has 0 aliphatic carbocycles. The lowest BCUT2D eigenvalue weighted by atomic mass is 10.2. The van der Waals surface area contributed by atoms with Crippen molar-refractivity contribution in [3.63, 3.8) is 0 Å². The SMILES string of the molecule is CC(CO)CSCc1ccc(O)c(N)c1. The van der Waals surface area contributed by atoms with E-state index in [0.29, 0.717) is 11.6 Å². The van der Waals surface area contributed by atoms with E-state index in [1.807, 2.05) is 13.0 Å². The van der Waals surface area contributed by atoms with Gasteiger partial charge in [-0.25, -0.2) is 0 Å². The van der Waals surface area contributed by atoms with Gasteiger partial charge in [0.2, 0.25) is 0 Å². The van der Waals surface area contributed by atoms with Crippen LogP contribution in [-0.2, 0) is 5.75 Å². The second-order valence-corrected chi connectivity index (χ2v) is 4.73. The van der Waals surface area contributed by atoms with Crippen LogP contribution in [0.5, 0.6) is 5.75 Å². The standard InChI is InChI=1S/C11H17NO2S/c1-8(5-13)6-15-7-9-2-3-11(14)10(12)4-9/h2-4,8,13-14H,5-7,12H2,1H3. The number of phenols is 1. The Hall–Kier alpha value is -0.870. The third kappa shape index (κ3) is 4.01. The van der Waals surface area contributed by atoms with Gasteiger partial charge in [0.15, 0.2) is 0 Å². The molecule has 1 aromatic carbocycles. The molecule has 0 fully saturated rings. The van der Waals surface area contributed by atoms with Crippen LogP contribution in [0, 0.1) is 5.92 Å². The van der Waals surface area contributed by atoms with Crippen LogP contribution in [0.15, 0.2) is 18.2 Å². The van der Waals surface area contributed by atoms with Gasteiger partial charge >= 0.3 is 0 Å². The van der Waals surface area contributed by atoms with E-state index < -0.39 is 0 Å². The van der Waals surface area contributed by atoms with Crippen LogP contribution in [0.2, 0.25) is 0 Å². The highest BCUT2D eigenvalue weighted by Crippen LogP contribution is 2.23. The summed E-state index contributed by atoms with van der Waals surface area (Å²) in [4.78, 5) is 0. The average molecular weight is 227 g/mol. The second kappa shape index (κ2) is 5.88. The normalized spacial score (nSPS) is 12.7. The molecule has 1 unspecified atom stereocenters. The number of nitrogen functional groups attached to an aromatic ring is 1. The van der Waals surface area contributed by atoms with E-state index in [-0.39, 0.29) is 12.4 Å². The van der Waals surface area contributed by atoms with Gasteiger partial charge in [0.05, 0.1) is 5.69 Å². The lowest BCUT2D eigenvalue weighted by molar-refractivity contribution is 0.250. The number of hydrogen-bond acceptors (Lipinski definition) is 4. The Morgan fingerprint density at radius 2 is 2.20 bits per heavy atom. The molecule has 4 N–H and O–H groups in total. The summed E-state index contributed by atoms with van der Waals surface area (Å²) in [6.07, 6.45) is 0. The van der Waals surface area contributed by atoms with Crippen molar-refractivity contribution in [2.24, 2.45) is 5.92 Å². The van der Waals surface area contributed by atoms with Crippen molar-refractivity contribution in [2.45, 2.75) is 12.7 Å². The predicted molar refractivity (Wildman–Crippen MR) is 64.9 cm³/mol. The Morgan fingerprint density at radius 1 is 1.47 bits per heavy atom. The summed E-state index contributed by atoms with van der Waals surface area (Å²) in [6, 6.07) is 5.26. The van der Waals surface area contributed by atoms with Crippen molar-refractivity contribution >= 4 is 17.4 Å². The maximum atomic E-state index is 9.23. The molecule has 0 amide bonds. The van der Waals surface area contributed by atoms with Crippen LogP contribution < -0.4 is 5.73 Å². The van der Waals surface area contributed by atoms with Gasteiger partial charge in [-0.1, -0.05) is 13.0 Å². The molecule has 0 aromatic heterocycles. The van der Waals surface area contributed by atoms with Gasteiger partial charge in [-0.2, -0.15) is 11.8 Å². The smallest absolute Gasteiger partial charge is 0.138 e. The Labute approximate surface area is 94.3 Å². The highest BCUT2D eigenvalue weighted by molar-refractivity contribution is 7.98. The number of aromatic hydroxyl groups is 1. The molecule has 0 bridgehead atoms. The number of thioether (sulfide) groups is 1. The molecule has 0 saturated heterocycles. The molecular formula is C11H17NO2S. The van der Waals surface area contributed by atoms with E-state index in [0.717, 1.165) is 17.1 Å². The number of rotatable bonds is 5. The van der Waals surface area contributed by atoms with Crippen molar-refractivity contribution in [1.82, 2.24) is 0 Å². The van der Waals surface area contributed by atoms with Gasteiger partial charge in [-0.05, 0) is 29.4 Å². The molecule has 0 radical (unpaired) electrons. The third-order valence-electron chi connectivity index (χ3n) is 2.07. The van der Waals surface area contributed by atoms with Crippen LogP contribution >= 0.6 is 11.8 Å². The number of anilines is 1. The fourth-order valence-corrected chi connectivity index (χ4v) is 2.17. The minimum absolute atomic E-state index is 0.132. The minimum Gasteiger partial charge on any atom is -0.506 e. The summed E-state index contributed by atoms with van der Waals surface area (Å²) in [5, 5.41) is 18.1. The molecule has 0 aliphatic heterocycles. The fourth-order valence-electron chi connectivity index (χ4n) is 1.12. The van der Waals surface area contributed by atoms with Gasteiger partial charge in [0.25, 0.3) is 0 Å². The van der Waals surface area contributed by atoms with Crippen molar-refractivity contribution in [3.05, 3.63) is 23.8 Å². The Balaban J connectivity index is 2.41. The van der Waals surface area contributed by atoms with Crippen molar-refractivity contribution in [2.75, 3.05) is 18.1 Å². The Morgan fingerprint density at radius 3 is 2.80 bits per heavy atom. The Bertz CT molecular complexity index is 317. The quantitative estimate of drug-likeness (QED) is 0.530. The molecule has 4 heteroatoms. The molecule has 1 rings (SSSR count).